The van der Waals surface area contributed by atoms with Gasteiger partial charge in [-0.2, -0.15) is 0 Å². The van der Waals surface area contributed by atoms with Crippen LogP contribution in [0.3, 0.4) is 0 Å². The van der Waals surface area contributed by atoms with Crippen molar-refractivity contribution in [1.82, 2.24) is 10.0 Å². The van der Waals surface area contributed by atoms with Gasteiger partial charge in [0.15, 0.2) is 0 Å². The Morgan fingerprint density at radius 1 is 1.42 bits per heavy atom. The van der Waals surface area contributed by atoms with E-state index in [0.717, 1.165) is 37.9 Å². The van der Waals surface area contributed by atoms with Crippen molar-refractivity contribution in [3.05, 3.63) is 29.3 Å². The number of hydrogen-bond acceptors (Lipinski definition) is 5. The van der Waals surface area contributed by atoms with E-state index in [2.05, 4.69) is 14.8 Å². The van der Waals surface area contributed by atoms with Crippen LogP contribution in [0.15, 0.2) is 23.1 Å². The minimum absolute atomic E-state index is 0. The molecule has 2 rings (SSSR count). The highest BCUT2D eigenvalue weighted by Crippen LogP contribution is 2.19. The van der Waals surface area contributed by atoms with E-state index >= 15 is 0 Å². The molecular weight excluding hydrogens is 352 g/mol. The van der Waals surface area contributed by atoms with Crippen LogP contribution < -0.4 is 10.0 Å². The van der Waals surface area contributed by atoms with Gasteiger partial charge in [-0.25, -0.2) is 17.9 Å². The second kappa shape index (κ2) is 9.36. The van der Waals surface area contributed by atoms with Gasteiger partial charge in [0.05, 0.1) is 17.6 Å². The van der Waals surface area contributed by atoms with E-state index in [-0.39, 0.29) is 22.9 Å². The first kappa shape index (κ1) is 20.9. The molecule has 1 saturated heterocycles. The highest BCUT2D eigenvalue weighted by molar-refractivity contribution is 7.89. The Morgan fingerprint density at radius 2 is 2.17 bits per heavy atom. The number of halogens is 1. The predicted molar refractivity (Wildman–Crippen MR) is 95.2 cm³/mol. The summed E-state index contributed by atoms with van der Waals surface area (Å²) in [7, 11) is -2.49. The molecule has 0 amide bonds. The van der Waals surface area contributed by atoms with Crippen molar-refractivity contribution in [3.63, 3.8) is 0 Å². The van der Waals surface area contributed by atoms with Crippen molar-refractivity contribution in [1.29, 1.82) is 0 Å². The van der Waals surface area contributed by atoms with Crippen molar-refractivity contribution in [3.8, 4) is 0 Å². The Kier molecular flexibility index (Phi) is 8.15. The number of carbonyl (C=O) groups excluding carboxylic acids is 1. The number of rotatable bonds is 6. The third-order valence-corrected chi connectivity index (χ3v) is 5.59. The SMILES string of the molecule is COC(=O)c1cc(C)ccc1S(=O)(=O)NCCC1CCCNC1.Cl. The third kappa shape index (κ3) is 5.44. The van der Waals surface area contributed by atoms with Crippen LogP contribution in [0.2, 0.25) is 0 Å². The largest absolute Gasteiger partial charge is 0.465 e. The first-order valence-electron chi connectivity index (χ1n) is 7.83. The molecule has 1 aliphatic heterocycles. The lowest BCUT2D eigenvalue weighted by atomic mass is 9.96. The number of aryl methyl sites for hydroxylation is 1. The van der Waals surface area contributed by atoms with Gasteiger partial charge in [-0.3, -0.25) is 0 Å². The molecule has 0 aliphatic carbocycles. The zero-order valence-electron chi connectivity index (χ0n) is 14.0. The molecule has 1 unspecified atom stereocenters. The van der Waals surface area contributed by atoms with Crippen molar-refractivity contribution in [2.45, 2.75) is 31.1 Å². The summed E-state index contributed by atoms with van der Waals surface area (Å²) in [5.41, 5.74) is 0.872. The molecular formula is C16H25ClN2O4S. The number of benzene rings is 1. The van der Waals surface area contributed by atoms with Gasteiger partial charge >= 0.3 is 5.97 Å². The smallest absolute Gasteiger partial charge is 0.339 e. The maximum absolute atomic E-state index is 12.5. The van der Waals surface area contributed by atoms with Gasteiger partial charge in [0, 0.05) is 6.54 Å². The van der Waals surface area contributed by atoms with Crippen molar-refractivity contribution >= 4 is 28.4 Å². The number of hydrogen-bond donors (Lipinski definition) is 2. The van der Waals surface area contributed by atoms with Crippen LogP contribution >= 0.6 is 12.4 Å². The fourth-order valence-corrected chi connectivity index (χ4v) is 4.01. The van der Waals surface area contributed by atoms with Crippen molar-refractivity contribution in [2.24, 2.45) is 5.92 Å². The first-order valence-corrected chi connectivity index (χ1v) is 9.31. The van der Waals surface area contributed by atoms with Crippen LogP contribution in [0.1, 0.15) is 35.2 Å². The molecule has 1 aromatic carbocycles. The van der Waals surface area contributed by atoms with Crippen LogP contribution in [0.5, 0.6) is 0 Å². The molecule has 1 aromatic rings. The van der Waals surface area contributed by atoms with E-state index in [1.807, 2.05) is 0 Å². The molecule has 6 nitrogen and oxygen atoms in total. The van der Waals surface area contributed by atoms with Gasteiger partial charge in [0.1, 0.15) is 0 Å². The highest BCUT2D eigenvalue weighted by atomic mass is 35.5. The minimum atomic E-state index is -3.73. The van der Waals surface area contributed by atoms with Crippen LogP contribution in [0, 0.1) is 12.8 Å². The highest BCUT2D eigenvalue weighted by Gasteiger charge is 2.23. The second-order valence-electron chi connectivity index (χ2n) is 5.89. The van der Waals surface area contributed by atoms with Crippen LogP contribution in [-0.2, 0) is 14.8 Å². The average Bonchev–Trinajstić information content (AvgIpc) is 2.54. The number of nitrogens with one attached hydrogen (secondary N) is 2. The molecule has 2 N–H and O–H groups in total. The number of sulfonamides is 1. The molecule has 0 aromatic heterocycles. The molecule has 8 heteroatoms. The fraction of sp³-hybridized carbons (Fsp3) is 0.562. The summed E-state index contributed by atoms with van der Waals surface area (Å²) in [6.07, 6.45) is 3.03. The maximum atomic E-state index is 12.5. The van der Waals surface area contributed by atoms with E-state index in [9.17, 15) is 13.2 Å². The van der Waals surface area contributed by atoms with Crippen molar-refractivity contribution < 1.29 is 17.9 Å². The van der Waals surface area contributed by atoms with Crippen LogP contribution in [0.4, 0.5) is 0 Å². The summed E-state index contributed by atoms with van der Waals surface area (Å²) in [6, 6.07) is 4.66. The summed E-state index contributed by atoms with van der Waals surface area (Å²) in [5, 5.41) is 3.31. The molecule has 0 bridgehead atoms. The number of piperidine rings is 1. The minimum Gasteiger partial charge on any atom is -0.465 e. The quantitative estimate of drug-likeness (QED) is 0.740. The van der Waals surface area contributed by atoms with E-state index in [4.69, 9.17) is 0 Å². The van der Waals surface area contributed by atoms with E-state index in [1.54, 1.807) is 13.0 Å². The Labute approximate surface area is 149 Å². The first-order chi connectivity index (χ1) is 10.9. The monoisotopic (exact) mass is 376 g/mol. The van der Waals surface area contributed by atoms with E-state index in [1.165, 1.54) is 19.2 Å². The Morgan fingerprint density at radius 3 is 2.79 bits per heavy atom. The van der Waals surface area contributed by atoms with Gasteiger partial charge in [-0.05, 0) is 57.3 Å². The molecule has 136 valence electrons. The molecule has 1 fully saturated rings. The zero-order valence-corrected chi connectivity index (χ0v) is 15.6. The van der Waals surface area contributed by atoms with Gasteiger partial charge in [-0.1, -0.05) is 11.6 Å². The lowest BCUT2D eigenvalue weighted by Crippen LogP contribution is -2.33. The summed E-state index contributed by atoms with van der Waals surface area (Å²) in [4.78, 5) is 11.8. The molecule has 0 saturated carbocycles. The zero-order chi connectivity index (χ0) is 16.9. The lowest BCUT2D eigenvalue weighted by Gasteiger charge is -2.22. The van der Waals surface area contributed by atoms with Gasteiger partial charge in [0.2, 0.25) is 10.0 Å². The molecule has 1 aliphatic rings. The lowest BCUT2D eigenvalue weighted by molar-refractivity contribution is 0.0596. The number of carbonyl (C=O) groups is 1. The molecule has 0 spiro atoms. The molecule has 1 atom stereocenters. The number of methoxy groups -OCH3 is 1. The number of esters is 1. The second-order valence-corrected chi connectivity index (χ2v) is 7.63. The summed E-state index contributed by atoms with van der Waals surface area (Å²) < 4.78 is 32.3. The maximum Gasteiger partial charge on any atom is 0.339 e. The Balaban J connectivity index is 0.00000288. The predicted octanol–water partition coefficient (Wildman–Crippen LogP) is 1.87. The van der Waals surface area contributed by atoms with E-state index in [0.29, 0.717) is 12.5 Å². The Bertz CT molecular complexity index is 658. The third-order valence-electron chi connectivity index (χ3n) is 4.07. The number of ether oxygens (including phenoxy) is 1. The standard InChI is InChI=1S/C16H24N2O4S.ClH/c1-12-5-6-15(14(10-12)16(19)22-2)23(20,21)18-9-7-13-4-3-8-17-11-13;/h5-6,10,13,17-18H,3-4,7-9,11H2,1-2H3;1H. The summed E-state index contributed by atoms with van der Waals surface area (Å²) in [6.45, 7) is 4.13. The normalized spacial score (nSPS) is 17.8. The summed E-state index contributed by atoms with van der Waals surface area (Å²) >= 11 is 0. The van der Waals surface area contributed by atoms with Gasteiger partial charge in [0.25, 0.3) is 0 Å². The molecule has 1 heterocycles. The average molecular weight is 377 g/mol. The fourth-order valence-electron chi connectivity index (χ4n) is 2.79. The van der Waals surface area contributed by atoms with Crippen molar-refractivity contribution in [2.75, 3.05) is 26.7 Å². The molecule has 0 radical (unpaired) electrons. The Hall–Kier alpha value is -1.15. The van der Waals surface area contributed by atoms with E-state index < -0.39 is 16.0 Å². The van der Waals surface area contributed by atoms with Gasteiger partial charge < -0.3 is 10.1 Å². The van der Waals surface area contributed by atoms with Crippen LogP contribution in [-0.4, -0.2) is 41.1 Å². The van der Waals surface area contributed by atoms with Gasteiger partial charge in [-0.15, -0.1) is 12.4 Å². The van der Waals surface area contributed by atoms with Crippen LogP contribution in [0.25, 0.3) is 0 Å². The molecule has 24 heavy (non-hydrogen) atoms. The summed E-state index contributed by atoms with van der Waals surface area (Å²) in [5.74, 6) is -0.157. The topological polar surface area (TPSA) is 84.5 Å².